The summed E-state index contributed by atoms with van der Waals surface area (Å²) in [6.45, 7) is 5.94. The van der Waals surface area contributed by atoms with Crippen LogP contribution in [-0.4, -0.2) is 30.3 Å². The summed E-state index contributed by atoms with van der Waals surface area (Å²) in [6, 6.07) is 8.56. The zero-order valence-electron chi connectivity index (χ0n) is 13.6. The Morgan fingerprint density at radius 2 is 1.86 bits per heavy atom. The molecule has 0 aromatic heterocycles. The Bertz CT molecular complexity index is 571. The van der Waals surface area contributed by atoms with Gasteiger partial charge in [-0.25, -0.2) is 0 Å². The van der Waals surface area contributed by atoms with Gasteiger partial charge in [0.05, 0.1) is 11.6 Å². The van der Waals surface area contributed by atoms with Crippen molar-refractivity contribution in [1.82, 2.24) is 4.90 Å². The van der Waals surface area contributed by atoms with E-state index in [4.69, 9.17) is 5.26 Å². The van der Waals surface area contributed by atoms with Gasteiger partial charge in [-0.05, 0) is 44.5 Å². The number of amides is 2. The molecule has 0 saturated heterocycles. The third kappa shape index (κ3) is 4.32. The minimum Gasteiger partial charge on any atom is -0.345 e. The molecule has 22 heavy (non-hydrogen) atoms. The second-order valence-corrected chi connectivity index (χ2v) is 5.85. The lowest BCUT2D eigenvalue weighted by Crippen LogP contribution is -2.46. The van der Waals surface area contributed by atoms with Crippen LogP contribution >= 0.6 is 0 Å². The smallest absolute Gasteiger partial charge is 0.239 e. The highest BCUT2D eigenvalue weighted by molar-refractivity contribution is 6.09. The van der Waals surface area contributed by atoms with Crippen LogP contribution in [0.25, 0.3) is 0 Å². The molecular weight excluding hydrogens is 278 g/mol. The number of carbonyl (C=O) groups is 2. The van der Waals surface area contributed by atoms with E-state index in [1.165, 1.54) is 0 Å². The lowest BCUT2D eigenvalue weighted by atomic mass is 9.90. The summed E-state index contributed by atoms with van der Waals surface area (Å²) in [7, 11) is 1.72. The molecule has 5 heteroatoms. The topological polar surface area (TPSA) is 73.2 Å². The van der Waals surface area contributed by atoms with Gasteiger partial charge in [-0.3, -0.25) is 9.59 Å². The highest BCUT2D eigenvalue weighted by Crippen LogP contribution is 2.22. The number of hydrogen-bond donors (Lipinski definition) is 1. The van der Waals surface area contributed by atoms with Crippen molar-refractivity contribution < 1.29 is 9.59 Å². The molecule has 5 nitrogen and oxygen atoms in total. The van der Waals surface area contributed by atoms with E-state index in [2.05, 4.69) is 12.2 Å². The highest BCUT2D eigenvalue weighted by Gasteiger charge is 2.38. The van der Waals surface area contributed by atoms with Crippen LogP contribution < -0.4 is 5.32 Å². The van der Waals surface area contributed by atoms with E-state index < -0.39 is 5.41 Å². The predicted octanol–water partition coefficient (Wildman–Crippen LogP) is 2.78. The number of nitriles is 1. The van der Waals surface area contributed by atoms with Crippen LogP contribution in [0.5, 0.6) is 0 Å². The zero-order chi connectivity index (χ0) is 16.8. The minimum absolute atomic E-state index is 0.202. The first kappa shape index (κ1) is 17.7. The summed E-state index contributed by atoms with van der Waals surface area (Å²) in [4.78, 5) is 26.4. The van der Waals surface area contributed by atoms with Gasteiger partial charge in [0.2, 0.25) is 11.8 Å². The molecule has 0 unspecified atom stereocenters. The Labute approximate surface area is 131 Å². The van der Waals surface area contributed by atoms with Crippen molar-refractivity contribution in [3.8, 4) is 6.07 Å². The number of nitrogens with zero attached hydrogens (tertiary/aromatic N) is 2. The molecule has 0 atom stereocenters. The quantitative estimate of drug-likeness (QED) is 0.821. The first-order valence-electron chi connectivity index (χ1n) is 7.40. The Morgan fingerprint density at radius 1 is 1.27 bits per heavy atom. The number of hydrogen-bond acceptors (Lipinski definition) is 3. The summed E-state index contributed by atoms with van der Waals surface area (Å²) in [5.74, 6) is -0.558. The van der Waals surface area contributed by atoms with E-state index in [0.29, 0.717) is 17.8 Å². The zero-order valence-corrected chi connectivity index (χ0v) is 13.6. The minimum atomic E-state index is -1.14. The van der Waals surface area contributed by atoms with Crippen molar-refractivity contribution in [2.75, 3.05) is 18.9 Å². The third-order valence-corrected chi connectivity index (χ3v) is 3.57. The fourth-order valence-electron chi connectivity index (χ4n) is 1.99. The van der Waals surface area contributed by atoms with E-state index >= 15 is 0 Å². The van der Waals surface area contributed by atoms with Crippen LogP contribution in [0.1, 0.15) is 39.2 Å². The van der Waals surface area contributed by atoms with Gasteiger partial charge in [0, 0.05) is 19.3 Å². The van der Waals surface area contributed by atoms with E-state index in [0.717, 1.165) is 12.8 Å². The summed E-state index contributed by atoms with van der Waals surface area (Å²) >= 11 is 0. The second-order valence-electron chi connectivity index (χ2n) is 5.85. The molecule has 0 aliphatic heterocycles. The van der Waals surface area contributed by atoms with Crippen LogP contribution in [0.15, 0.2) is 24.3 Å². The van der Waals surface area contributed by atoms with Gasteiger partial charge in [0.15, 0.2) is 0 Å². The molecule has 118 valence electrons. The van der Waals surface area contributed by atoms with Crippen molar-refractivity contribution in [2.24, 2.45) is 5.41 Å². The molecule has 1 aromatic carbocycles. The number of carbonyl (C=O) groups excluding carboxylic acids is 2. The lowest BCUT2D eigenvalue weighted by Gasteiger charge is -2.28. The summed E-state index contributed by atoms with van der Waals surface area (Å²) < 4.78 is 0. The average Bonchev–Trinajstić information content (AvgIpc) is 2.52. The maximum Gasteiger partial charge on any atom is 0.239 e. The molecule has 0 aliphatic rings. The maximum atomic E-state index is 12.4. The van der Waals surface area contributed by atoms with Crippen LogP contribution in [0.3, 0.4) is 0 Å². The first-order valence-corrected chi connectivity index (χ1v) is 7.40. The molecule has 0 radical (unpaired) electrons. The molecule has 1 rings (SSSR count). The Morgan fingerprint density at radius 3 is 2.36 bits per heavy atom. The largest absolute Gasteiger partial charge is 0.345 e. The van der Waals surface area contributed by atoms with Crippen LogP contribution in [0, 0.1) is 16.7 Å². The van der Waals surface area contributed by atoms with Crippen molar-refractivity contribution >= 4 is 17.5 Å². The lowest BCUT2D eigenvalue weighted by molar-refractivity contribution is -0.145. The number of anilines is 1. The molecule has 0 spiro atoms. The number of nitrogens with one attached hydrogen (secondary N) is 1. The van der Waals surface area contributed by atoms with Gasteiger partial charge in [-0.15, -0.1) is 0 Å². The number of rotatable bonds is 6. The Hall–Kier alpha value is -2.35. The van der Waals surface area contributed by atoms with Crippen LogP contribution in [0.4, 0.5) is 5.69 Å². The van der Waals surface area contributed by atoms with Crippen molar-refractivity contribution in [1.29, 1.82) is 5.26 Å². The summed E-state index contributed by atoms with van der Waals surface area (Å²) in [5, 5.41) is 11.5. The van der Waals surface area contributed by atoms with Crippen LogP contribution in [-0.2, 0) is 9.59 Å². The van der Waals surface area contributed by atoms with Crippen LogP contribution in [0.2, 0.25) is 0 Å². The predicted molar refractivity (Wildman–Crippen MR) is 86.1 cm³/mol. The SMILES string of the molecule is CCCCN(C)C(=O)C(C)(C)C(=O)Nc1ccc(C#N)cc1. The molecule has 0 fully saturated rings. The third-order valence-electron chi connectivity index (χ3n) is 3.57. The molecule has 2 amide bonds. The monoisotopic (exact) mass is 301 g/mol. The maximum absolute atomic E-state index is 12.4. The van der Waals surface area contributed by atoms with E-state index in [1.54, 1.807) is 50.1 Å². The van der Waals surface area contributed by atoms with Crippen molar-refractivity contribution in [3.63, 3.8) is 0 Å². The summed E-state index contributed by atoms with van der Waals surface area (Å²) in [6.07, 6.45) is 1.91. The normalized spacial score (nSPS) is 10.7. The standard InChI is InChI=1S/C17H23N3O2/c1-5-6-11-20(4)16(22)17(2,3)15(21)19-14-9-7-13(12-18)8-10-14/h7-10H,5-6,11H2,1-4H3,(H,19,21). The first-order chi connectivity index (χ1) is 10.3. The summed E-state index contributed by atoms with van der Waals surface area (Å²) in [5.41, 5.74) is -0.0511. The molecular formula is C17H23N3O2. The van der Waals surface area contributed by atoms with Gasteiger partial charge in [-0.2, -0.15) is 5.26 Å². The molecule has 1 aromatic rings. The molecule has 1 N–H and O–H groups in total. The molecule has 0 aliphatic carbocycles. The van der Waals surface area contributed by atoms with Crippen molar-refractivity contribution in [3.05, 3.63) is 29.8 Å². The van der Waals surface area contributed by atoms with Gasteiger partial charge >= 0.3 is 0 Å². The highest BCUT2D eigenvalue weighted by atomic mass is 16.2. The average molecular weight is 301 g/mol. The fourth-order valence-corrected chi connectivity index (χ4v) is 1.99. The Kier molecular flexibility index (Phi) is 6.11. The molecule has 0 saturated carbocycles. The fraction of sp³-hybridized carbons (Fsp3) is 0.471. The molecule has 0 heterocycles. The Balaban J connectivity index is 2.76. The van der Waals surface area contributed by atoms with Gasteiger partial charge in [-0.1, -0.05) is 13.3 Å². The van der Waals surface area contributed by atoms with E-state index in [-0.39, 0.29) is 11.8 Å². The number of unbranched alkanes of at least 4 members (excludes halogenated alkanes) is 1. The van der Waals surface area contributed by atoms with Gasteiger partial charge in [0.1, 0.15) is 5.41 Å². The van der Waals surface area contributed by atoms with Gasteiger partial charge in [0.25, 0.3) is 0 Å². The number of benzene rings is 1. The molecule has 0 bridgehead atoms. The van der Waals surface area contributed by atoms with Gasteiger partial charge < -0.3 is 10.2 Å². The second kappa shape index (κ2) is 7.60. The van der Waals surface area contributed by atoms with E-state index in [1.807, 2.05) is 6.07 Å². The van der Waals surface area contributed by atoms with E-state index in [9.17, 15) is 9.59 Å². The van der Waals surface area contributed by atoms with Crippen molar-refractivity contribution in [2.45, 2.75) is 33.6 Å².